The molecule has 0 aromatic rings. The summed E-state index contributed by atoms with van der Waals surface area (Å²) >= 11 is 0. The van der Waals surface area contributed by atoms with Crippen molar-refractivity contribution in [1.82, 2.24) is 0 Å². The molecule has 1 rings (SSSR count). The van der Waals surface area contributed by atoms with Crippen LogP contribution in [0, 0.1) is 22.7 Å². The summed E-state index contributed by atoms with van der Waals surface area (Å²) in [4.78, 5) is 11.8. The zero-order chi connectivity index (χ0) is 13.4. The molecule has 2 nitrogen and oxygen atoms in total. The number of hydrogen-bond acceptors (Lipinski definition) is 2. The zero-order valence-electron chi connectivity index (χ0n) is 11.6. The van der Waals surface area contributed by atoms with E-state index in [1.807, 2.05) is 34.6 Å². The van der Waals surface area contributed by atoms with Gasteiger partial charge in [0.2, 0.25) is 0 Å². The maximum Gasteiger partial charge on any atom is 0.187 e. The van der Waals surface area contributed by atoms with Crippen LogP contribution in [0.3, 0.4) is 0 Å². The minimum atomic E-state index is -0.870. The second-order valence-electron chi connectivity index (χ2n) is 6.47. The van der Waals surface area contributed by atoms with Gasteiger partial charge in [-0.05, 0) is 34.1 Å². The Morgan fingerprint density at radius 3 is 2.35 bits per heavy atom. The van der Waals surface area contributed by atoms with Crippen LogP contribution in [0.2, 0.25) is 0 Å². The molecule has 17 heavy (non-hydrogen) atoms. The summed E-state index contributed by atoms with van der Waals surface area (Å²) < 4.78 is 0. The van der Waals surface area contributed by atoms with Crippen molar-refractivity contribution in [2.75, 3.05) is 0 Å². The summed E-state index contributed by atoms with van der Waals surface area (Å²) in [5.41, 5.74) is 1.19. The number of aliphatic hydroxyl groups is 1. The Labute approximate surface area is 104 Å². The van der Waals surface area contributed by atoms with Crippen LogP contribution in [0.15, 0.2) is 11.1 Å². The molecule has 0 spiro atoms. The number of carbonyl (C=O) groups is 1. The van der Waals surface area contributed by atoms with Gasteiger partial charge < -0.3 is 5.11 Å². The second kappa shape index (κ2) is 4.31. The van der Waals surface area contributed by atoms with Crippen molar-refractivity contribution in [2.24, 2.45) is 10.8 Å². The lowest BCUT2D eigenvalue weighted by atomic mass is 9.71. The van der Waals surface area contributed by atoms with Crippen molar-refractivity contribution in [3.05, 3.63) is 11.1 Å². The Bertz CT molecular complexity index is 422. The molecule has 0 bridgehead atoms. The number of Topliss-reactive ketones (excluding diaryl/α,β-unsaturated/α-hetero) is 1. The molecule has 0 saturated heterocycles. The molecule has 1 atom stereocenters. The first-order valence-electron chi connectivity index (χ1n) is 6.01. The Kier molecular flexibility index (Phi) is 3.55. The lowest BCUT2D eigenvalue weighted by Gasteiger charge is -2.33. The third-order valence-corrected chi connectivity index (χ3v) is 2.99. The molecular formula is C15H22O2. The Balaban J connectivity index is 3.25. The number of rotatable bonds is 0. The van der Waals surface area contributed by atoms with Crippen LogP contribution in [0.5, 0.6) is 0 Å². The third-order valence-electron chi connectivity index (χ3n) is 2.99. The van der Waals surface area contributed by atoms with Crippen LogP contribution >= 0.6 is 0 Å². The van der Waals surface area contributed by atoms with E-state index in [0.717, 1.165) is 5.57 Å². The molecule has 0 heterocycles. The number of hydrogen-bond donors (Lipinski definition) is 1. The summed E-state index contributed by atoms with van der Waals surface area (Å²) in [5.74, 6) is 6.14. The van der Waals surface area contributed by atoms with Crippen molar-refractivity contribution in [2.45, 2.75) is 54.1 Å². The van der Waals surface area contributed by atoms with Gasteiger partial charge in [0.25, 0.3) is 0 Å². The fraction of sp³-hybridized carbons (Fsp3) is 0.667. The third kappa shape index (κ3) is 3.20. The summed E-state index contributed by atoms with van der Waals surface area (Å²) in [6, 6.07) is 0. The number of carbonyl (C=O) groups excluding carboxylic acids is 1. The molecule has 0 radical (unpaired) electrons. The molecule has 2 heteroatoms. The predicted octanol–water partition coefficient (Wildman–Crippen LogP) is 2.71. The quantitative estimate of drug-likeness (QED) is 0.654. The molecule has 1 aliphatic carbocycles. The molecule has 0 aromatic heterocycles. The minimum absolute atomic E-state index is 0.0809. The van der Waals surface area contributed by atoms with Crippen molar-refractivity contribution in [3.63, 3.8) is 0 Å². The van der Waals surface area contributed by atoms with Crippen LogP contribution < -0.4 is 0 Å². The van der Waals surface area contributed by atoms with Gasteiger partial charge in [0.1, 0.15) is 6.10 Å². The molecule has 0 amide bonds. The highest BCUT2D eigenvalue weighted by atomic mass is 16.3. The smallest absolute Gasteiger partial charge is 0.187 e. The van der Waals surface area contributed by atoms with E-state index in [1.165, 1.54) is 0 Å². The summed E-state index contributed by atoms with van der Waals surface area (Å²) in [5, 5.41) is 9.70. The summed E-state index contributed by atoms with van der Waals surface area (Å²) in [6.07, 6.45) is -0.415. The highest BCUT2D eigenvalue weighted by Gasteiger charge is 2.37. The molecule has 1 aliphatic rings. The number of aliphatic hydroxyl groups excluding tert-OH is 1. The summed E-state index contributed by atoms with van der Waals surface area (Å²) in [7, 11) is 0. The van der Waals surface area contributed by atoms with Crippen LogP contribution in [0.1, 0.15) is 48.0 Å². The van der Waals surface area contributed by atoms with E-state index in [1.54, 1.807) is 6.92 Å². The van der Waals surface area contributed by atoms with E-state index < -0.39 is 6.10 Å². The molecule has 94 valence electrons. The average molecular weight is 234 g/mol. The molecular weight excluding hydrogens is 212 g/mol. The van der Waals surface area contributed by atoms with Crippen molar-refractivity contribution in [3.8, 4) is 11.8 Å². The van der Waals surface area contributed by atoms with E-state index >= 15 is 0 Å². The first-order chi connectivity index (χ1) is 7.54. The predicted molar refractivity (Wildman–Crippen MR) is 69.3 cm³/mol. The normalized spacial score (nSPS) is 24.4. The largest absolute Gasteiger partial charge is 0.385 e. The Hall–Kier alpha value is -1.07. The van der Waals surface area contributed by atoms with Crippen molar-refractivity contribution >= 4 is 5.78 Å². The van der Waals surface area contributed by atoms with Gasteiger partial charge in [-0.15, -0.1) is 0 Å². The van der Waals surface area contributed by atoms with E-state index in [9.17, 15) is 9.90 Å². The first kappa shape index (κ1) is 14.0. The molecule has 1 N–H and O–H groups in total. The van der Waals surface area contributed by atoms with Gasteiger partial charge in [-0.2, -0.15) is 0 Å². The van der Waals surface area contributed by atoms with Gasteiger partial charge in [-0.1, -0.05) is 25.7 Å². The van der Waals surface area contributed by atoms with Gasteiger partial charge >= 0.3 is 0 Å². The fourth-order valence-electron chi connectivity index (χ4n) is 2.07. The summed E-state index contributed by atoms with van der Waals surface area (Å²) in [6.45, 7) is 11.9. The molecule has 1 unspecified atom stereocenters. The maximum absolute atomic E-state index is 11.8. The highest BCUT2D eigenvalue weighted by molar-refractivity contribution is 6.00. The van der Waals surface area contributed by atoms with E-state index in [0.29, 0.717) is 12.0 Å². The lowest BCUT2D eigenvalue weighted by Crippen LogP contribution is -2.35. The lowest BCUT2D eigenvalue weighted by molar-refractivity contribution is -0.125. The van der Waals surface area contributed by atoms with Crippen LogP contribution in [-0.2, 0) is 4.79 Å². The molecule has 0 fully saturated rings. The maximum atomic E-state index is 11.8. The molecule has 0 aliphatic heterocycles. The van der Waals surface area contributed by atoms with Crippen molar-refractivity contribution in [1.29, 1.82) is 0 Å². The number of ketones is 1. The monoisotopic (exact) mass is 234 g/mol. The van der Waals surface area contributed by atoms with E-state index in [-0.39, 0.29) is 16.6 Å². The van der Waals surface area contributed by atoms with E-state index in [4.69, 9.17) is 0 Å². The average Bonchev–Trinajstić information content (AvgIpc) is 2.11. The van der Waals surface area contributed by atoms with Crippen molar-refractivity contribution < 1.29 is 9.90 Å². The van der Waals surface area contributed by atoms with Gasteiger partial charge in [0.05, 0.1) is 0 Å². The zero-order valence-corrected chi connectivity index (χ0v) is 11.6. The van der Waals surface area contributed by atoms with Crippen LogP contribution in [-0.4, -0.2) is 17.0 Å². The van der Waals surface area contributed by atoms with Gasteiger partial charge in [0.15, 0.2) is 5.78 Å². The van der Waals surface area contributed by atoms with Gasteiger partial charge in [0, 0.05) is 22.0 Å². The second-order valence-corrected chi connectivity index (χ2v) is 6.47. The topological polar surface area (TPSA) is 37.3 Å². The van der Waals surface area contributed by atoms with Crippen LogP contribution in [0.25, 0.3) is 0 Å². The minimum Gasteiger partial charge on any atom is -0.385 e. The fourth-order valence-corrected chi connectivity index (χ4v) is 2.07. The standard InChI is InChI=1S/C15H22O2/c1-10-11(7-8-14(2,3)4)15(5,6)9-12(16)13(10)17/h12,16H,9H2,1-6H3. The first-order valence-corrected chi connectivity index (χ1v) is 6.01. The van der Waals surface area contributed by atoms with Crippen LogP contribution in [0.4, 0.5) is 0 Å². The van der Waals surface area contributed by atoms with Gasteiger partial charge in [-0.25, -0.2) is 0 Å². The SMILES string of the molecule is CC1=C(C#CC(C)(C)C)C(C)(C)CC(O)C1=O. The van der Waals surface area contributed by atoms with Gasteiger partial charge in [-0.3, -0.25) is 4.79 Å². The number of allylic oxidation sites excluding steroid dienone is 1. The Morgan fingerprint density at radius 1 is 1.35 bits per heavy atom. The molecule has 0 saturated carbocycles. The highest BCUT2D eigenvalue weighted by Crippen LogP contribution is 2.38. The van der Waals surface area contributed by atoms with E-state index in [2.05, 4.69) is 11.8 Å². The Morgan fingerprint density at radius 2 is 1.88 bits per heavy atom. The molecule has 0 aromatic carbocycles.